The fourth-order valence-corrected chi connectivity index (χ4v) is 18.3. The van der Waals surface area contributed by atoms with Crippen molar-refractivity contribution in [3.63, 3.8) is 0 Å². The van der Waals surface area contributed by atoms with E-state index in [1.54, 1.807) is 77.0 Å². The Hall–Kier alpha value is -2.80. The van der Waals surface area contributed by atoms with E-state index < -0.39 is 13.5 Å². The molecule has 0 aromatic heterocycles. The molecule has 3 saturated carbocycles. The van der Waals surface area contributed by atoms with Crippen molar-refractivity contribution < 1.29 is 13.5 Å². The van der Waals surface area contributed by atoms with Gasteiger partial charge in [-0.05, 0) is 125 Å². The second-order valence-electron chi connectivity index (χ2n) is 21.8. The predicted molar refractivity (Wildman–Crippen MR) is 307 cm³/mol. The van der Waals surface area contributed by atoms with Crippen LogP contribution in [0.3, 0.4) is 0 Å². The Morgan fingerprint density at radius 3 is 1.11 bits per heavy atom. The van der Waals surface area contributed by atoms with Gasteiger partial charge in [-0.3, -0.25) is 0 Å². The van der Waals surface area contributed by atoms with Gasteiger partial charge in [0.15, 0.2) is 0 Å². The van der Waals surface area contributed by atoms with Gasteiger partial charge in [-0.15, -0.1) is 0 Å². The summed E-state index contributed by atoms with van der Waals surface area (Å²) in [5.41, 5.74) is 15.2. The molecule has 3 aliphatic carbocycles. The molecule has 0 bridgehead atoms. The molecule has 2 nitrogen and oxygen atoms in total. The Morgan fingerprint density at radius 2 is 0.800 bits per heavy atom. The quantitative estimate of drug-likeness (QED) is 0.0907. The molecule has 0 N–H and O–H groups in total. The van der Waals surface area contributed by atoms with Crippen LogP contribution in [0.4, 0.5) is 11.4 Å². The van der Waals surface area contributed by atoms with Gasteiger partial charge in [0.25, 0.3) is 0 Å². The number of hydrogen-bond donors (Lipinski definition) is 0. The Morgan fingerprint density at radius 1 is 0.457 bits per heavy atom. The molecule has 0 amide bonds. The van der Waals surface area contributed by atoms with Crippen LogP contribution >= 0.6 is 27.3 Å². The number of benzene rings is 5. The summed E-state index contributed by atoms with van der Waals surface area (Å²) in [6.07, 6.45) is 23.6. The van der Waals surface area contributed by atoms with Crippen LogP contribution in [0.1, 0.15) is 226 Å². The molecule has 0 unspecified atom stereocenters. The molecular weight excluding hydrogens is 1000 g/mol. The van der Waals surface area contributed by atoms with Crippen molar-refractivity contribution in [1.29, 1.82) is 0 Å². The number of anilines is 2. The summed E-state index contributed by atoms with van der Waals surface area (Å²) in [4.78, 5) is 4.92. The molecular formula is C64H85Cl2N2PRu. The van der Waals surface area contributed by atoms with Gasteiger partial charge in [0.2, 0.25) is 6.67 Å². The summed E-state index contributed by atoms with van der Waals surface area (Å²) < 4.78 is 1.92. The van der Waals surface area contributed by atoms with Gasteiger partial charge in [0, 0.05) is 11.4 Å². The van der Waals surface area contributed by atoms with Crippen molar-refractivity contribution in [2.75, 3.05) is 9.80 Å². The van der Waals surface area contributed by atoms with Crippen molar-refractivity contribution in [2.45, 2.75) is 204 Å². The van der Waals surface area contributed by atoms with E-state index in [1.165, 1.54) is 81.0 Å². The van der Waals surface area contributed by atoms with Crippen LogP contribution in [0.2, 0.25) is 0 Å². The first-order chi connectivity index (χ1) is 33.9. The van der Waals surface area contributed by atoms with Gasteiger partial charge in [0.1, 0.15) is 0 Å². The van der Waals surface area contributed by atoms with E-state index in [1.807, 2.05) is 34.9 Å². The van der Waals surface area contributed by atoms with Crippen LogP contribution in [-0.2, 0) is 13.5 Å². The Kier molecular flexibility index (Phi) is 21.6. The molecule has 6 heteroatoms. The maximum atomic E-state index is 5.67. The van der Waals surface area contributed by atoms with E-state index >= 15 is 0 Å². The predicted octanol–water partition coefficient (Wildman–Crippen LogP) is 20.2. The summed E-state index contributed by atoms with van der Waals surface area (Å²) >= 11 is -1.61. The second kappa shape index (κ2) is 27.5. The zero-order valence-electron chi connectivity index (χ0n) is 44.0. The van der Waals surface area contributed by atoms with Crippen molar-refractivity contribution in [3.8, 4) is 0 Å². The first-order valence-electron chi connectivity index (χ1n) is 27.3. The van der Waals surface area contributed by atoms with Crippen molar-refractivity contribution in [3.05, 3.63) is 173 Å². The van der Waals surface area contributed by atoms with Crippen LogP contribution in [0.5, 0.6) is 0 Å². The molecule has 70 heavy (non-hydrogen) atoms. The number of rotatable bonds is 12. The topological polar surface area (TPSA) is 6.48 Å². The van der Waals surface area contributed by atoms with E-state index in [4.69, 9.17) is 19.4 Å². The molecule has 378 valence electrons. The summed E-state index contributed by atoms with van der Waals surface area (Å²) in [6.45, 7) is 22.4. The number of halogens is 2. The molecule has 1 heterocycles. The fourth-order valence-electron chi connectivity index (χ4n) is 11.8. The van der Waals surface area contributed by atoms with Crippen LogP contribution in [0, 0.1) is 6.67 Å². The van der Waals surface area contributed by atoms with E-state index in [2.05, 4.69) is 169 Å². The molecule has 9 rings (SSSR count). The average molecular weight is 1090 g/mol. The van der Waals surface area contributed by atoms with Crippen molar-refractivity contribution in [1.82, 2.24) is 0 Å². The van der Waals surface area contributed by atoms with Gasteiger partial charge in [0.05, 0.1) is 12.1 Å². The minimum atomic E-state index is -1.61. The molecule has 2 atom stereocenters. The van der Waals surface area contributed by atoms with E-state index in [-0.39, 0.29) is 12.1 Å². The summed E-state index contributed by atoms with van der Waals surface area (Å²) in [6, 6.07) is 46.2. The monoisotopic (exact) mass is 1080 g/mol. The minimum absolute atomic E-state index is 0.0567. The van der Waals surface area contributed by atoms with Gasteiger partial charge in [-0.1, -0.05) is 206 Å². The number of nitrogens with zero attached hydrogens (tertiary/aromatic N) is 2. The Labute approximate surface area is 441 Å². The van der Waals surface area contributed by atoms with Crippen molar-refractivity contribution in [2.24, 2.45) is 0 Å². The number of hydrogen-bond acceptors (Lipinski definition) is 2. The third-order valence-corrected chi connectivity index (χ3v) is 21.5. The van der Waals surface area contributed by atoms with Gasteiger partial charge >= 0.3 is 73.4 Å². The molecule has 5 aromatic carbocycles. The maximum absolute atomic E-state index is 5.67. The fraction of sp³-hybridized carbons (Fsp3) is 0.500. The third kappa shape index (κ3) is 14.7. The third-order valence-electron chi connectivity index (χ3n) is 15.5. The molecule has 4 fully saturated rings. The van der Waals surface area contributed by atoms with Crippen LogP contribution < -0.4 is 9.80 Å². The normalized spacial score (nSPS) is 19.6. The Bertz CT molecular complexity index is 2170. The van der Waals surface area contributed by atoms with Crippen LogP contribution in [0.25, 0.3) is 0 Å². The summed E-state index contributed by atoms with van der Waals surface area (Å²) in [5, 5.41) is 0. The molecule has 0 spiro atoms. The van der Waals surface area contributed by atoms with Crippen LogP contribution in [0.15, 0.2) is 127 Å². The van der Waals surface area contributed by atoms with Gasteiger partial charge in [-0.2, -0.15) is 0 Å². The van der Waals surface area contributed by atoms with Crippen molar-refractivity contribution >= 4 is 43.3 Å². The van der Waals surface area contributed by atoms with Crippen LogP contribution in [-0.4, -0.2) is 21.6 Å². The van der Waals surface area contributed by atoms with E-state index in [0.29, 0.717) is 31.6 Å². The van der Waals surface area contributed by atoms with E-state index in [9.17, 15) is 0 Å². The first-order valence-corrected chi connectivity index (χ1v) is 34.3. The second-order valence-corrected chi connectivity index (χ2v) is 30.7. The summed E-state index contributed by atoms with van der Waals surface area (Å²) in [5.74, 6) is 1.68. The van der Waals surface area contributed by atoms with Gasteiger partial charge < -0.3 is 9.80 Å². The molecule has 5 aromatic rings. The average Bonchev–Trinajstić information content (AvgIpc) is 3.79. The standard InChI is InChI=1S/C39H46N2.C18H33P.C7H6.2ClH.Ru/c1-26(2)32-19-21-34(28(5)6)36(23-32)40-25-41(37-24-33(27(3)4)20-22-35(37)29(7)8)39(31-17-13-10-14-18-31)38(40)30-15-11-9-12-16-30;1-4-10-16(11-5-1)19(17-12-6-2-7-13-17)18-14-8-3-9-15-18;1-7-5-3-2-4-6-7;;;/h9-24,26-29,38-39H,1-8H3;16-18H,1-15H2;1-6H;2*1H;/q;;;;;+2/p-2/t38-,39-;;;;;/m1...../s1. The molecule has 1 aliphatic heterocycles. The zero-order valence-corrected chi connectivity index (χ0v) is 48.1. The summed E-state index contributed by atoms with van der Waals surface area (Å²) in [7, 11) is 11.7. The zero-order chi connectivity index (χ0) is 49.6. The molecule has 2 radical (unpaired) electrons. The SMILES string of the molecule is C1CCC(P(C2CCCCC2)C2CCCCC2)CC1.CC(C)c1ccc(C(C)C)c(N2[C]N(c3cc(C(C)C)ccc3C(C)C)[C@H](c3ccccc3)[C@H]2c2ccccc2)c1.[Cl][Ru]([Cl])=[CH]c1ccccc1. The first kappa shape index (κ1) is 55.0. The molecule has 4 aliphatic rings. The van der Waals surface area contributed by atoms with E-state index in [0.717, 1.165) is 5.56 Å². The van der Waals surface area contributed by atoms with Gasteiger partial charge in [-0.25, -0.2) is 0 Å². The molecule has 1 saturated heterocycles. The Balaban J connectivity index is 0.000000202.